The highest BCUT2D eigenvalue weighted by Crippen LogP contribution is 2.32. The van der Waals surface area contributed by atoms with Crippen molar-refractivity contribution in [3.63, 3.8) is 0 Å². The molecule has 3 aromatic rings. The van der Waals surface area contributed by atoms with E-state index < -0.39 is 0 Å². The maximum Gasteiger partial charge on any atom is 0.348 e. The smallest absolute Gasteiger partial charge is 0.348 e. The molecule has 0 spiro atoms. The normalized spacial score (nSPS) is 10.8. The van der Waals surface area contributed by atoms with Gasteiger partial charge in [-0.05, 0) is 18.2 Å². The third-order valence-electron chi connectivity index (χ3n) is 2.78. The van der Waals surface area contributed by atoms with Gasteiger partial charge in [-0.25, -0.2) is 9.48 Å². The van der Waals surface area contributed by atoms with Gasteiger partial charge in [-0.2, -0.15) is 0 Å². The lowest BCUT2D eigenvalue weighted by molar-refractivity contribution is 0.0606. The molecule has 3 rings (SSSR count). The number of esters is 1. The first-order chi connectivity index (χ1) is 9.20. The first-order valence-electron chi connectivity index (χ1n) is 5.62. The first-order valence-corrected chi connectivity index (χ1v) is 6.44. The van der Waals surface area contributed by atoms with E-state index >= 15 is 0 Å². The quantitative estimate of drug-likeness (QED) is 0.728. The first kappa shape index (κ1) is 11.7. The van der Waals surface area contributed by atoms with Crippen molar-refractivity contribution in [1.82, 2.24) is 9.78 Å². The van der Waals surface area contributed by atoms with Crippen LogP contribution < -0.4 is 5.73 Å². The zero-order chi connectivity index (χ0) is 13.4. The number of thiophene rings is 1. The van der Waals surface area contributed by atoms with Crippen LogP contribution in [-0.2, 0) is 4.74 Å². The van der Waals surface area contributed by atoms with Gasteiger partial charge in [0.05, 0.1) is 18.2 Å². The van der Waals surface area contributed by atoms with Crippen LogP contribution in [0.2, 0.25) is 0 Å². The van der Waals surface area contributed by atoms with Gasteiger partial charge in [0.25, 0.3) is 0 Å². The van der Waals surface area contributed by atoms with Gasteiger partial charge >= 0.3 is 5.97 Å². The molecular formula is C13H11N3O2S. The van der Waals surface area contributed by atoms with E-state index in [1.54, 1.807) is 10.7 Å². The number of benzene rings is 1. The van der Waals surface area contributed by atoms with Gasteiger partial charge in [-0.15, -0.1) is 16.4 Å². The number of hydrogen-bond donors (Lipinski definition) is 1. The van der Waals surface area contributed by atoms with Crippen LogP contribution in [0.4, 0.5) is 5.82 Å². The molecule has 2 heterocycles. The number of aromatic nitrogens is 2. The highest BCUT2D eigenvalue weighted by molar-refractivity contribution is 7.20. The predicted octanol–water partition coefficient (Wildman–Crippen LogP) is 2.46. The Morgan fingerprint density at radius 1 is 1.37 bits per heavy atom. The number of ether oxygens (including phenoxy) is 1. The van der Waals surface area contributed by atoms with E-state index in [9.17, 15) is 4.79 Å². The second-order valence-electron chi connectivity index (χ2n) is 3.95. The monoisotopic (exact) mass is 273 g/mol. The average molecular weight is 273 g/mol. The third kappa shape index (κ3) is 1.86. The Morgan fingerprint density at radius 3 is 2.79 bits per heavy atom. The van der Waals surface area contributed by atoms with Gasteiger partial charge in [0.1, 0.15) is 9.71 Å². The fourth-order valence-corrected chi connectivity index (χ4v) is 2.93. The standard InChI is InChI=1S/C13H11N3O2S/c1-18-13(17)10-7-9-11(14)15-16(12(9)19-10)8-5-3-2-4-6-8/h2-7H,1H3,(H2,14,15). The minimum absolute atomic E-state index is 0.361. The maximum atomic E-state index is 11.6. The van der Waals surface area contributed by atoms with Crippen molar-refractivity contribution in [2.45, 2.75) is 0 Å². The Morgan fingerprint density at radius 2 is 2.11 bits per heavy atom. The van der Waals surface area contributed by atoms with Crippen molar-refractivity contribution in [2.75, 3.05) is 12.8 Å². The second-order valence-corrected chi connectivity index (χ2v) is 4.98. The van der Waals surface area contributed by atoms with Gasteiger partial charge in [0.15, 0.2) is 5.82 Å². The Kier molecular flexibility index (Phi) is 2.72. The van der Waals surface area contributed by atoms with Crippen LogP contribution in [0.25, 0.3) is 15.9 Å². The largest absolute Gasteiger partial charge is 0.465 e. The van der Waals surface area contributed by atoms with E-state index in [-0.39, 0.29) is 5.97 Å². The van der Waals surface area contributed by atoms with Crippen LogP contribution in [0.3, 0.4) is 0 Å². The van der Waals surface area contributed by atoms with Crippen LogP contribution in [0.15, 0.2) is 36.4 Å². The molecule has 5 nitrogen and oxygen atoms in total. The van der Waals surface area contributed by atoms with Crippen LogP contribution >= 0.6 is 11.3 Å². The number of carbonyl (C=O) groups is 1. The summed E-state index contributed by atoms with van der Waals surface area (Å²) in [5.41, 5.74) is 6.80. The average Bonchev–Trinajstić information content (AvgIpc) is 3.00. The predicted molar refractivity (Wildman–Crippen MR) is 74.7 cm³/mol. The number of rotatable bonds is 2. The van der Waals surface area contributed by atoms with Crippen LogP contribution in [-0.4, -0.2) is 22.9 Å². The van der Waals surface area contributed by atoms with E-state index in [4.69, 9.17) is 10.5 Å². The number of nitrogens with two attached hydrogens (primary N) is 1. The van der Waals surface area contributed by atoms with E-state index in [0.717, 1.165) is 15.9 Å². The van der Waals surface area contributed by atoms with Crippen molar-refractivity contribution in [3.8, 4) is 5.69 Å². The summed E-state index contributed by atoms with van der Waals surface area (Å²) in [6, 6.07) is 11.4. The fraction of sp³-hybridized carbons (Fsp3) is 0.0769. The van der Waals surface area contributed by atoms with Crippen molar-refractivity contribution < 1.29 is 9.53 Å². The summed E-state index contributed by atoms with van der Waals surface area (Å²) >= 11 is 1.32. The molecule has 0 aliphatic rings. The maximum absolute atomic E-state index is 11.6. The molecule has 0 saturated carbocycles. The number of hydrogen-bond acceptors (Lipinski definition) is 5. The number of fused-ring (bicyclic) bond motifs is 1. The highest BCUT2D eigenvalue weighted by Gasteiger charge is 2.17. The van der Waals surface area contributed by atoms with Crippen LogP contribution in [0.5, 0.6) is 0 Å². The summed E-state index contributed by atoms with van der Waals surface area (Å²) in [5.74, 6) is 0.0467. The number of para-hydroxylation sites is 1. The summed E-state index contributed by atoms with van der Waals surface area (Å²) < 4.78 is 6.46. The summed E-state index contributed by atoms with van der Waals surface area (Å²) in [4.78, 5) is 12.9. The SMILES string of the molecule is COC(=O)c1cc2c(N)nn(-c3ccccc3)c2s1. The topological polar surface area (TPSA) is 70.1 Å². The van der Waals surface area contributed by atoms with Gasteiger partial charge in [-0.3, -0.25) is 0 Å². The molecule has 2 N–H and O–H groups in total. The van der Waals surface area contributed by atoms with Crippen molar-refractivity contribution in [2.24, 2.45) is 0 Å². The molecule has 0 unspecified atom stereocenters. The van der Waals surface area contributed by atoms with Gasteiger partial charge in [-0.1, -0.05) is 18.2 Å². The van der Waals surface area contributed by atoms with Crippen molar-refractivity contribution in [1.29, 1.82) is 0 Å². The number of anilines is 1. The molecule has 0 aliphatic carbocycles. The molecule has 6 heteroatoms. The summed E-state index contributed by atoms with van der Waals surface area (Å²) in [5, 5.41) is 5.07. The number of nitrogens with zero attached hydrogens (tertiary/aromatic N) is 2. The lowest BCUT2D eigenvalue weighted by Crippen LogP contribution is -1.98. The molecule has 1 aromatic carbocycles. The molecule has 0 radical (unpaired) electrons. The summed E-state index contributed by atoms with van der Waals surface area (Å²) in [7, 11) is 1.36. The molecule has 0 amide bonds. The molecule has 19 heavy (non-hydrogen) atoms. The Labute approximate surface area is 113 Å². The third-order valence-corrected chi connectivity index (χ3v) is 3.87. The Bertz CT molecular complexity index is 746. The zero-order valence-electron chi connectivity index (χ0n) is 10.2. The van der Waals surface area contributed by atoms with Gasteiger partial charge < -0.3 is 10.5 Å². The second kappa shape index (κ2) is 4.40. The van der Waals surface area contributed by atoms with Crippen LogP contribution in [0, 0.1) is 0 Å². The summed E-state index contributed by atoms with van der Waals surface area (Å²) in [6.07, 6.45) is 0. The van der Waals surface area contributed by atoms with Crippen LogP contribution in [0.1, 0.15) is 9.67 Å². The molecule has 0 saturated heterocycles. The minimum atomic E-state index is -0.361. The molecule has 96 valence electrons. The number of nitrogen functional groups attached to an aromatic ring is 1. The molecular weight excluding hydrogens is 262 g/mol. The molecule has 0 bridgehead atoms. The minimum Gasteiger partial charge on any atom is -0.465 e. The van der Waals surface area contributed by atoms with E-state index in [1.165, 1.54) is 18.4 Å². The Hall–Kier alpha value is -2.34. The zero-order valence-corrected chi connectivity index (χ0v) is 11.0. The van der Waals surface area contributed by atoms with E-state index in [1.807, 2.05) is 30.3 Å². The molecule has 2 aromatic heterocycles. The lowest BCUT2D eigenvalue weighted by atomic mass is 10.3. The summed E-state index contributed by atoms with van der Waals surface area (Å²) in [6.45, 7) is 0. The molecule has 0 aliphatic heterocycles. The molecule has 0 fully saturated rings. The van der Waals surface area contributed by atoms with Crippen molar-refractivity contribution in [3.05, 3.63) is 41.3 Å². The Balaban J connectivity index is 2.21. The van der Waals surface area contributed by atoms with Crippen molar-refractivity contribution >= 4 is 33.3 Å². The molecule has 0 atom stereocenters. The van der Waals surface area contributed by atoms with E-state index in [0.29, 0.717) is 10.7 Å². The van der Waals surface area contributed by atoms with Gasteiger partial charge in [0.2, 0.25) is 0 Å². The van der Waals surface area contributed by atoms with Gasteiger partial charge in [0, 0.05) is 0 Å². The number of carbonyl (C=O) groups excluding carboxylic acids is 1. The highest BCUT2D eigenvalue weighted by atomic mass is 32.1. The lowest BCUT2D eigenvalue weighted by Gasteiger charge is -2.00. The fourth-order valence-electron chi connectivity index (χ4n) is 1.87. The number of methoxy groups -OCH3 is 1. The van der Waals surface area contributed by atoms with E-state index in [2.05, 4.69) is 5.10 Å².